The van der Waals surface area contributed by atoms with Crippen LogP contribution in [0.4, 0.5) is 0 Å². The number of hydrogen-bond donors (Lipinski definition) is 1. The second kappa shape index (κ2) is 7.56. The number of hydrogen-bond acceptors (Lipinski definition) is 4. The Morgan fingerprint density at radius 1 is 0.964 bits per heavy atom. The molecule has 3 aromatic carbocycles. The molecule has 140 valence electrons. The van der Waals surface area contributed by atoms with Crippen molar-refractivity contribution in [2.24, 2.45) is 0 Å². The summed E-state index contributed by atoms with van der Waals surface area (Å²) in [7, 11) is 0. The van der Waals surface area contributed by atoms with Gasteiger partial charge in [0.2, 0.25) is 0 Å². The molecule has 28 heavy (non-hydrogen) atoms. The Morgan fingerprint density at radius 2 is 1.68 bits per heavy atom. The van der Waals surface area contributed by atoms with Crippen molar-refractivity contribution in [2.45, 2.75) is 13.0 Å². The predicted octanol–water partition coefficient (Wildman–Crippen LogP) is 3.83. The molecule has 0 aromatic heterocycles. The minimum Gasteiger partial charge on any atom is -0.456 e. The van der Waals surface area contributed by atoms with E-state index in [0.717, 1.165) is 27.6 Å². The van der Waals surface area contributed by atoms with E-state index < -0.39 is 5.97 Å². The molecule has 1 heterocycles. The van der Waals surface area contributed by atoms with Gasteiger partial charge in [-0.15, -0.1) is 0 Å². The molecule has 0 saturated carbocycles. The molecule has 0 saturated heterocycles. The molecule has 0 fully saturated rings. The van der Waals surface area contributed by atoms with E-state index in [0.29, 0.717) is 0 Å². The van der Waals surface area contributed by atoms with E-state index in [1.807, 2.05) is 54.6 Å². The highest BCUT2D eigenvalue weighted by molar-refractivity contribution is 5.88. The van der Waals surface area contributed by atoms with Crippen LogP contribution in [0.3, 0.4) is 0 Å². The molecule has 1 aliphatic heterocycles. The molecular formula is C23H20N2O3. The van der Waals surface area contributed by atoms with Gasteiger partial charge in [-0.05, 0) is 34.0 Å². The number of ether oxygens (including phenoxy) is 1. The molecule has 4 rings (SSSR count). The quantitative estimate of drug-likeness (QED) is 0.707. The van der Waals surface area contributed by atoms with Gasteiger partial charge in [0.15, 0.2) is 6.61 Å². The lowest BCUT2D eigenvalue weighted by Crippen LogP contribution is -2.41. The van der Waals surface area contributed by atoms with Crippen molar-refractivity contribution in [1.29, 1.82) is 0 Å². The minimum atomic E-state index is -0.480. The van der Waals surface area contributed by atoms with Gasteiger partial charge in [-0.25, -0.2) is 5.01 Å². The Kier molecular flexibility index (Phi) is 4.81. The van der Waals surface area contributed by atoms with E-state index in [1.165, 1.54) is 11.9 Å². The van der Waals surface area contributed by atoms with Crippen LogP contribution >= 0.6 is 0 Å². The third-order valence-electron chi connectivity index (χ3n) is 4.71. The van der Waals surface area contributed by atoms with Crippen LogP contribution in [0.5, 0.6) is 0 Å². The molecule has 0 aliphatic carbocycles. The van der Waals surface area contributed by atoms with Crippen LogP contribution in [-0.4, -0.2) is 23.5 Å². The molecule has 0 unspecified atom stereocenters. The number of fused-ring (bicyclic) bond motifs is 1. The zero-order chi connectivity index (χ0) is 19.5. The number of nitrogens with one attached hydrogen (secondary N) is 1. The lowest BCUT2D eigenvalue weighted by atomic mass is 10.0. The van der Waals surface area contributed by atoms with E-state index in [2.05, 4.69) is 29.7 Å². The van der Waals surface area contributed by atoms with Gasteiger partial charge in [0.25, 0.3) is 5.91 Å². The highest BCUT2D eigenvalue weighted by Crippen LogP contribution is 2.32. The number of benzene rings is 3. The first kappa shape index (κ1) is 17.8. The van der Waals surface area contributed by atoms with Crippen LogP contribution in [0.15, 0.2) is 78.9 Å². The first-order chi connectivity index (χ1) is 13.6. The van der Waals surface area contributed by atoms with Gasteiger partial charge in [0.1, 0.15) is 0 Å². The number of amides is 1. The van der Waals surface area contributed by atoms with Crippen molar-refractivity contribution in [3.8, 4) is 0 Å². The second-order valence-electron chi connectivity index (χ2n) is 6.65. The monoisotopic (exact) mass is 372 g/mol. The average molecular weight is 372 g/mol. The molecule has 0 radical (unpaired) electrons. The highest BCUT2D eigenvalue weighted by atomic mass is 16.5. The maximum atomic E-state index is 12.7. The summed E-state index contributed by atoms with van der Waals surface area (Å²) in [6.45, 7) is 0.989. The summed E-state index contributed by atoms with van der Waals surface area (Å²) in [5.41, 5.74) is 6.00. The third kappa shape index (κ3) is 3.60. The molecular weight excluding hydrogens is 352 g/mol. The largest absolute Gasteiger partial charge is 0.456 e. The summed E-state index contributed by atoms with van der Waals surface area (Å²) in [6, 6.07) is 23.8. The maximum Gasteiger partial charge on any atom is 0.303 e. The lowest BCUT2D eigenvalue weighted by molar-refractivity contribution is -0.151. The third-order valence-corrected chi connectivity index (χ3v) is 4.71. The van der Waals surface area contributed by atoms with Gasteiger partial charge in [-0.2, -0.15) is 0 Å². The van der Waals surface area contributed by atoms with E-state index >= 15 is 0 Å². The predicted molar refractivity (Wildman–Crippen MR) is 108 cm³/mol. The van der Waals surface area contributed by atoms with E-state index in [9.17, 15) is 9.59 Å². The summed E-state index contributed by atoms with van der Waals surface area (Å²) < 4.78 is 4.91. The van der Waals surface area contributed by atoms with Gasteiger partial charge in [-0.1, -0.05) is 66.7 Å². The molecule has 3 aromatic rings. The van der Waals surface area contributed by atoms with E-state index in [-0.39, 0.29) is 18.6 Å². The summed E-state index contributed by atoms with van der Waals surface area (Å²) >= 11 is 0. The fourth-order valence-corrected chi connectivity index (χ4v) is 3.33. The second-order valence-corrected chi connectivity index (χ2v) is 6.65. The van der Waals surface area contributed by atoms with Gasteiger partial charge >= 0.3 is 5.97 Å². The molecule has 1 amide bonds. The topological polar surface area (TPSA) is 58.6 Å². The normalized spacial score (nSPS) is 15.8. The number of carbonyl (C=O) groups excluding carboxylic acids is 2. The van der Waals surface area contributed by atoms with E-state index in [4.69, 9.17) is 4.74 Å². The van der Waals surface area contributed by atoms with Gasteiger partial charge < -0.3 is 4.74 Å². The first-order valence-corrected chi connectivity index (χ1v) is 9.10. The summed E-state index contributed by atoms with van der Waals surface area (Å²) in [5, 5.41) is 3.80. The van der Waals surface area contributed by atoms with Crippen LogP contribution in [0.1, 0.15) is 24.1 Å². The maximum absolute atomic E-state index is 12.7. The molecule has 1 atom stereocenters. The number of esters is 1. The lowest BCUT2D eigenvalue weighted by Gasteiger charge is -2.25. The number of nitrogens with zero attached hydrogens (tertiary/aromatic N) is 1. The van der Waals surface area contributed by atoms with Crippen molar-refractivity contribution in [1.82, 2.24) is 10.4 Å². The smallest absolute Gasteiger partial charge is 0.303 e. The molecule has 0 bridgehead atoms. The van der Waals surface area contributed by atoms with Crippen LogP contribution in [0.2, 0.25) is 0 Å². The summed E-state index contributed by atoms with van der Waals surface area (Å²) in [4.78, 5) is 23.8. The standard InChI is InChI=1S/C23H20N2O3/c1-16(26)28-15-23(27)25-22(18-8-3-2-4-9-18)14-21(24-25)20-12-11-17-7-5-6-10-19(17)13-20/h2-14,22,24H,15H2,1H3/t22-/m0/s1. The Hall–Kier alpha value is -3.60. The van der Waals surface area contributed by atoms with Crippen molar-refractivity contribution in [2.75, 3.05) is 6.61 Å². The zero-order valence-electron chi connectivity index (χ0n) is 15.5. The zero-order valence-corrected chi connectivity index (χ0v) is 15.5. The van der Waals surface area contributed by atoms with Gasteiger partial charge in [-0.3, -0.25) is 15.0 Å². The van der Waals surface area contributed by atoms with Crippen molar-refractivity contribution in [3.05, 3.63) is 90.0 Å². The minimum absolute atomic E-state index is 0.286. The molecule has 5 nitrogen and oxygen atoms in total. The Labute approximate surface area is 163 Å². The molecule has 1 N–H and O–H groups in total. The van der Waals surface area contributed by atoms with Gasteiger partial charge in [0, 0.05) is 6.92 Å². The van der Waals surface area contributed by atoms with Crippen molar-refractivity contribution >= 4 is 28.3 Å². The average Bonchev–Trinajstić information content (AvgIpc) is 3.18. The Morgan fingerprint density at radius 3 is 2.43 bits per heavy atom. The van der Waals surface area contributed by atoms with Crippen LogP contribution in [-0.2, 0) is 14.3 Å². The number of carbonyl (C=O) groups is 2. The van der Waals surface area contributed by atoms with Crippen molar-refractivity contribution in [3.63, 3.8) is 0 Å². The molecule has 5 heteroatoms. The van der Waals surface area contributed by atoms with E-state index in [1.54, 1.807) is 0 Å². The number of hydrazine groups is 1. The number of rotatable bonds is 4. The first-order valence-electron chi connectivity index (χ1n) is 9.10. The van der Waals surface area contributed by atoms with Crippen molar-refractivity contribution < 1.29 is 14.3 Å². The Balaban J connectivity index is 1.67. The van der Waals surface area contributed by atoms with Crippen LogP contribution in [0, 0.1) is 0 Å². The van der Waals surface area contributed by atoms with Gasteiger partial charge in [0.05, 0.1) is 11.7 Å². The summed E-state index contributed by atoms with van der Waals surface area (Å²) in [5.74, 6) is -0.789. The summed E-state index contributed by atoms with van der Waals surface area (Å²) in [6.07, 6.45) is 2.02. The fraction of sp³-hybridized carbons (Fsp3) is 0.130. The molecule has 1 aliphatic rings. The fourth-order valence-electron chi connectivity index (χ4n) is 3.33. The van der Waals surface area contributed by atoms with Crippen LogP contribution in [0.25, 0.3) is 16.5 Å². The highest BCUT2D eigenvalue weighted by Gasteiger charge is 2.31. The Bertz CT molecular complexity index is 1060. The molecule has 0 spiro atoms. The van der Waals surface area contributed by atoms with Crippen LogP contribution < -0.4 is 5.43 Å². The SMILES string of the molecule is CC(=O)OCC(=O)N1NC(c2ccc3ccccc3c2)=C[C@H]1c1ccccc1.